The second-order valence-electron chi connectivity index (χ2n) is 7.46. The fourth-order valence-electron chi connectivity index (χ4n) is 3.16. The van der Waals surface area contributed by atoms with E-state index in [1.165, 1.54) is 6.21 Å². The van der Waals surface area contributed by atoms with Crippen LogP contribution in [-0.2, 0) is 4.79 Å². The number of hydrogen-bond donors (Lipinski definition) is 2. The molecule has 0 bridgehead atoms. The highest BCUT2D eigenvalue weighted by molar-refractivity contribution is 9.10. The van der Waals surface area contributed by atoms with Gasteiger partial charge in [0.25, 0.3) is 11.8 Å². The van der Waals surface area contributed by atoms with Gasteiger partial charge in [-0.3, -0.25) is 9.59 Å². The van der Waals surface area contributed by atoms with Gasteiger partial charge in [-0.15, -0.1) is 0 Å². The van der Waals surface area contributed by atoms with Crippen LogP contribution < -0.4 is 29.7 Å². The maximum Gasteiger partial charge on any atom is 0.262 e. The van der Waals surface area contributed by atoms with E-state index in [-0.39, 0.29) is 12.7 Å². The quantitative estimate of drug-likeness (QED) is 0.387. The Morgan fingerprint density at radius 3 is 2.67 bits per heavy atom. The van der Waals surface area contributed by atoms with Crippen molar-refractivity contribution in [1.29, 1.82) is 0 Å². The Kier molecular flexibility index (Phi) is 8.16. The molecular formula is C23H26BrN3O6. The highest BCUT2D eigenvalue weighted by atomic mass is 79.9. The number of halogens is 1. The fourth-order valence-corrected chi connectivity index (χ4v) is 3.78. The van der Waals surface area contributed by atoms with Gasteiger partial charge in [0.1, 0.15) is 6.04 Å². The van der Waals surface area contributed by atoms with Crippen LogP contribution in [0.15, 0.2) is 39.9 Å². The lowest BCUT2D eigenvalue weighted by Crippen LogP contribution is -2.48. The van der Waals surface area contributed by atoms with Crippen LogP contribution >= 0.6 is 15.9 Å². The predicted molar refractivity (Wildman–Crippen MR) is 126 cm³/mol. The Morgan fingerprint density at radius 2 is 1.97 bits per heavy atom. The minimum Gasteiger partial charge on any atom is -0.492 e. The first-order valence-corrected chi connectivity index (χ1v) is 11.2. The molecule has 9 nitrogen and oxygen atoms in total. The molecule has 10 heteroatoms. The SMILES string of the molecule is CCOc1cc(/C=N/NC(=O)C(NC(=O)c2ccc3c(c2)OCO3)C(C)C)cc(Br)c1OC. The number of methoxy groups -OCH3 is 1. The monoisotopic (exact) mass is 519 g/mol. The van der Waals surface area contributed by atoms with Crippen molar-refractivity contribution in [3.8, 4) is 23.0 Å². The van der Waals surface area contributed by atoms with E-state index >= 15 is 0 Å². The summed E-state index contributed by atoms with van der Waals surface area (Å²) in [5.41, 5.74) is 3.55. The van der Waals surface area contributed by atoms with Gasteiger partial charge in [0.2, 0.25) is 6.79 Å². The number of amides is 2. The average molecular weight is 520 g/mol. The molecule has 0 fully saturated rings. The number of ether oxygens (including phenoxy) is 4. The number of hydrazone groups is 1. The van der Waals surface area contributed by atoms with Gasteiger partial charge in [-0.1, -0.05) is 13.8 Å². The second kappa shape index (κ2) is 11.0. The highest BCUT2D eigenvalue weighted by Gasteiger charge is 2.25. The van der Waals surface area contributed by atoms with Crippen molar-refractivity contribution in [2.24, 2.45) is 11.0 Å². The summed E-state index contributed by atoms with van der Waals surface area (Å²) in [6, 6.07) is 7.62. The van der Waals surface area contributed by atoms with Gasteiger partial charge in [0, 0.05) is 5.56 Å². The number of benzene rings is 2. The number of carbonyl (C=O) groups is 2. The van der Waals surface area contributed by atoms with Crippen LogP contribution in [0, 0.1) is 5.92 Å². The van der Waals surface area contributed by atoms with E-state index in [0.717, 1.165) is 0 Å². The highest BCUT2D eigenvalue weighted by Crippen LogP contribution is 2.36. The lowest BCUT2D eigenvalue weighted by molar-refractivity contribution is -0.123. The summed E-state index contributed by atoms with van der Waals surface area (Å²) in [7, 11) is 1.56. The molecule has 0 aromatic heterocycles. The third kappa shape index (κ3) is 5.95. The molecule has 1 unspecified atom stereocenters. The van der Waals surface area contributed by atoms with Gasteiger partial charge in [-0.25, -0.2) is 5.43 Å². The molecule has 33 heavy (non-hydrogen) atoms. The van der Waals surface area contributed by atoms with Crippen LogP contribution in [0.3, 0.4) is 0 Å². The largest absolute Gasteiger partial charge is 0.492 e. The lowest BCUT2D eigenvalue weighted by atomic mass is 10.0. The van der Waals surface area contributed by atoms with E-state index in [4.69, 9.17) is 18.9 Å². The smallest absolute Gasteiger partial charge is 0.262 e. The zero-order valence-electron chi connectivity index (χ0n) is 18.8. The van der Waals surface area contributed by atoms with Crippen LogP contribution in [0.5, 0.6) is 23.0 Å². The maximum atomic E-state index is 12.7. The van der Waals surface area contributed by atoms with E-state index in [1.54, 1.807) is 37.4 Å². The van der Waals surface area contributed by atoms with Gasteiger partial charge in [-0.05, 0) is 64.7 Å². The van der Waals surface area contributed by atoms with Crippen LogP contribution in [0.25, 0.3) is 0 Å². The molecule has 0 spiro atoms. The van der Waals surface area contributed by atoms with Gasteiger partial charge in [0.05, 0.1) is 24.4 Å². The van der Waals surface area contributed by atoms with Crippen LogP contribution in [-0.4, -0.2) is 44.6 Å². The molecule has 0 radical (unpaired) electrons. The van der Waals surface area contributed by atoms with Crippen molar-refractivity contribution in [2.45, 2.75) is 26.8 Å². The molecule has 1 aliphatic rings. The Labute approximate surface area is 200 Å². The van der Waals surface area contributed by atoms with E-state index in [1.807, 2.05) is 20.8 Å². The normalized spacial score (nSPS) is 13.2. The number of carbonyl (C=O) groups excluding carboxylic acids is 2. The van der Waals surface area contributed by atoms with Crippen LogP contribution in [0.1, 0.15) is 36.7 Å². The molecule has 2 aromatic carbocycles. The molecular weight excluding hydrogens is 494 g/mol. The zero-order chi connectivity index (χ0) is 24.0. The summed E-state index contributed by atoms with van der Waals surface area (Å²) >= 11 is 3.44. The summed E-state index contributed by atoms with van der Waals surface area (Å²) < 4.78 is 22.2. The first-order chi connectivity index (χ1) is 15.8. The average Bonchev–Trinajstić information content (AvgIpc) is 3.25. The topological polar surface area (TPSA) is 107 Å². The Morgan fingerprint density at radius 1 is 1.21 bits per heavy atom. The lowest BCUT2D eigenvalue weighted by Gasteiger charge is -2.20. The second-order valence-corrected chi connectivity index (χ2v) is 8.32. The van der Waals surface area contributed by atoms with Crippen molar-refractivity contribution in [1.82, 2.24) is 10.7 Å². The fraction of sp³-hybridized carbons (Fsp3) is 0.348. The van der Waals surface area contributed by atoms with E-state index in [2.05, 4.69) is 31.8 Å². The van der Waals surface area contributed by atoms with E-state index in [0.29, 0.717) is 45.2 Å². The summed E-state index contributed by atoms with van der Waals surface area (Å²) in [4.78, 5) is 25.4. The molecule has 0 saturated heterocycles. The Hall–Kier alpha value is -3.27. The van der Waals surface area contributed by atoms with E-state index in [9.17, 15) is 9.59 Å². The van der Waals surface area contributed by atoms with Crippen LogP contribution in [0.4, 0.5) is 0 Å². The molecule has 1 aliphatic heterocycles. The third-order valence-corrected chi connectivity index (χ3v) is 5.38. The summed E-state index contributed by atoms with van der Waals surface area (Å²) in [5.74, 6) is 1.20. The minimum atomic E-state index is -0.790. The van der Waals surface area contributed by atoms with Crippen molar-refractivity contribution < 1.29 is 28.5 Å². The number of nitrogens with one attached hydrogen (secondary N) is 2. The molecule has 1 atom stereocenters. The molecule has 2 aromatic rings. The molecule has 176 valence electrons. The molecule has 3 rings (SSSR count). The van der Waals surface area contributed by atoms with Crippen molar-refractivity contribution in [3.05, 3.63) is 45.9 Å². The Bertz CT molecular complexity index is 1060. The summed E-state index contributed by atoms with van der Waals surface area (Å²) in [6.07, 6.45) is 1.49. The van der Waals surface area contributed by atoms with Gasteiger partial charge >= 0.3 is 0 Å². The molecule has 0 saturated carbocycles. The molecule has 0 aliphatic carbocycles. The summed E-state index contributed by atoms with van der Waals surface area (Å²) in [5, 5.41) is 6.80. The zero-order valence-corrected chi connectivity index (χ0v) is 20.4. The van der Waals surface area contributed by atoms with Crippen molar-refractivity contribution in [3.63, 3.8) is 0 Å². The number of hydrogen-bond acceptors (Lipinski definition) is 7. The maximum absolute atomic E-state index is 12.7. The third-order valence-electron chi connectivity index (χ3n) is 4.79. The standard InChI is InChI=1S/C23H26BrN3O6/c1-5-31-19-9-14(8-16(24)21(19)30-4)11-25-27-23(29)20(13(2)3)26-22(28)15-6-7-17-18(10-15)33-12-32-17/h6-11,13,20H,5,12H2,1-4H3,(H,26,28)(H,27,29)/b25-11+. The summed E-state index contributed by atoms with van der Waals surface area (Å²) in [6.45, 7) is 6.13. The van der Waals surface area contributed by atoms with Gasteiger partial charge in [-0.2, -0.15) is 5.10 Å². The molecule has 2 amide bonds. The minimum absolute atomic E-state index is 0.117. The molecule has 2 N–H and O–H groups in total. The Balaban J connectivity index is 1.67. The first kappa shape index (κ1) is 24.4. The first-order valence-electron chi connectivity index (χ1n) is 10.4. The van der Waals surface area contributed by atoms with Crippen molar-refractivity contribution >= 4 is 34.0 Å². The number of fused-ring (bicyclic) bond motifs is 1. The van der Waals surface area contributed by atoms with Gasteiger partial charge < -0.3 is 24.3 Å². The number of nitrogens with zero attached hydrogens (tertiary/aromatic N) is 1. The molecule has 1 heterocycles. The van der Waals surface area contributed by atoms with Crippen LogP contribution in [0.2, 0.25) is 0 Å². The van der Waals surface area contributed by atoms with Crippen molar-refractivity contribution in [2.75, 3.05) is 20.5 Å². The van der Waals surface area contributed by atoms with Gasteiger partial charge in [0.15, 0.2) is 23.0 Å². The number of rotatable bonds is 9. The predicted octanol–water partition coefficient (Wildman–Crippen LogP) is 3.49. The van der Waals surface area contributed by atoms with E-state index < -0.39 is 17.9 Å².